The van der Waals surface area contributed by atoms with Gasteiger partial charge in [0.25, 0.3) is 0 Å². The Bertz CT molecular complexity index is 755. The highest BCUT2D eigenvalue weighted by atomic mass is 32.2. The summed E-state index contributed by atoms with van der Waals surface area (Å²) in [5, 5.41) is 3.27. The van der Waals surface area contributed by atoms with Crippen molar-refractivity contribution in [2.75, 3.05) is 5.75 Å². The van der Waals surface area contributed by atoms with Crippen LogP contribution in [-0.4, -0.2) is 24.3 Å². The van der Waals surface area contributed by atoms with Crippen molar-refractivity contribution in [3.8, 4) is 11.4 Å². The molecule has 0 saturated carbocycles. The Morgan fingerprint density at radius 1 is 1.22 bits per heavy atom. The highest BCUT2D eigenvalue weighted by molar-refractivity contribution is 7.89. The first-order valence-corrected chi connectivity index (χ1v) is 8.34. The maximum atomic E-state index is 12.4. The number of hydrogen-bond acceptors (Lipinski definition) is 5. The Morgan fingerprint density at radius 2 is 1.87 bits per heavy atom. The normalized spacial score (nSPS) is 12.5. The zero-order chi connectivity index (χ0) is 17.1. The van der Waals surface area contributed by atoms with Gasteiger partial charge in [0.2, 0.25) is 15.8 Å². The molecular weight excluding hydrogens is 335 g/mol. The van der Waals surface area contributed by atoms with E-state index >= 15 is 0 Å². The highest BCUT2D eigenvalue weighted by Gasteiger charge is 2.38. The third-order valence-corrected chi connectivity index (χ3v) is 4.38. The van der Waals surface area contributed by atoms with Crippen molar-refractivity contribution < 1.29 is 26.1 Å². The molecule has 1 heterocycles. The molecule has 6 nitrogen and oxygen atoms in total. The Morgan fingerprint density at radius 3 is 2.39 bits per heavy atom. The van der Waals surface area contributed by atoms with Crippen LogP contribution in [0.15, 0.2) is 28.8 Å². The van der Waals surface area contributed by atoms with Gasteiger partial charge in [-0.2, -0.15) is 18.2 Å². The fraction of sp³-hybridized carbons (Fsp3) is 0.385. The van der Waals surface area contributed by atoms with Crippen molar-refractivity contribution in [1.82, 2.24) is 14.9 Å². The first kappa shape index (κ1) is 17.4. The van der Waals surface area contributed by atoms with Gasteiger partial charge >= 0.3 is 12.1 Å². The highest BCUT2D eigenvalue weighted by Crippen LogP contribution is 2.29. The molecule has 0 aliphatic heterocycles. The predicted molar refractivity (Wildman–Crippen MR) is 75.7 cm³/mol. The number of halogens is 3. The molecule has 0 radical (unpaired) electrons. The first-order valence-electron chi connectivity index (χ1n) is 6.69. The Hall–Kier alpha value is -1.94. The summed E-state index contributed by atoms with van der Waals surface area (Å²) in [4.78, 5) is 3.28. The summed E-state index contributed by atoms with van der Waals surface area (Å²) >= 11 is 0. The lowest BCUT2D eigenvalue weighted by Crippen LogP contribution is -2.25. The minimum Gasteiger partial charge on any atom is -0.329 e. The second kappa shape index (κ2) is 6.67. The lowest BCUT2D eigenvalue weighted by Gasteiger charge is -2.05. The molecule has 23 heavy (non-hydrogen) atoms. The minimum atomic E-state index is -4.69. The quantitative estimate of drug-likeness (QED) is 0.866. The zero-order valence-corrected chi connectivity index (χ0v) is 12.9. The molecule has 2 aromatic rings. The van der Waals surface area contributed by atoms with E-state index in [4.69, 9.17) is 0 Å². The number of nitrogens with zero attached hydrogens (tertiary/aromatic N) is 2. The van der Waals surface area contributed by atoms with Gasteiger partial charge in [0.1, 0.15) is 0 Å². The molecule has 0 unspecified atom stereocenters. The van der Waals surface area contributed by atoms with Crippen LogP contribution >= 0.6 is 0 Å². The molecule has 0 aliphatic rings. The van der Waals surface area contributed by atoms with E-state index in [9.17, 15) is 21.6 Å². The topological polar surface area (TPSA) is 85.1 Å². The van der Waals surface area contributed by atoms with Crippen LogP contribution in [0.2, 0.25) is 0 Å². The number of benzene rings is 1. The summed E-state index contributed by atoms with van der Waals surface area (Å²) in [5.74, 6) is -1.56. The van der Waals surface area contributed by atoms with Gasteiger partial charge in [0.05, 0.1) is 5.75 Å². The molecule has 0 bridgehead atoms. The van der Waals surface area contributed by atoms with Crippen LogP contribution in [0.3, 0.4) is 0 Å². The molecule has 0 spiro atoms. The van der Waals surface area contributed by atoms with Gasteiger partial charge in [-0.15, -0.1) is 0 Å². The molecule has 0 fully saturated rings. The number of sulfonamides is 1. The van der Waals surface area contributed by atoms with Crippen molar-refractivity contribution in [3.63, 3.8) is 0 Å². The number of aromatic nitrogens is 2. The average Bonchev–Trinajstić information content (AvgIpc) is 2.96. The summed E-state index contributed by atoms with van der Waals surface area (Å²) in [5.41, 5.74) is 0.998. The molecule has 126 valence electrons. The number of alkyl halides is 3. The molecule has 0 aliphatic carbocycles. The van der Waals surface area contributed by atoms with E-state index in [0.717, 1.165) is 0 Å². The second-order valence-corrected chi connectivity index (χ2v) is 6.68. The predicted octanol–water partition coefficient (Wildman–Crippen LogP) is 2.58. The van der Waals surface area contributed by atoms with E-state index in [1.54, 1.807) is 19.1 Å². The van der Waals surface area contributed by atoms with Gasteiger partial charge < -0.3 is 4.52 Å². The van der Waals surface area contributed by atoms with Crippen molar-refractivity contribution in [2.24, 2.45) is 0 Å². The molecule has 1 aromatic heterocycles. The van der Waals surface area contributed by atoms with Crippen LogP contribution < -0.4 is 4.72 Å². The van der Waals surface area contributed by atoms with Crippen molar-refractivity contribution in [2.45, 2.75) is 26.1 Å². The van der Waals surface area contributed by atoms with Gasteiger partial charge in [0.15, 0.2) is 0 Å². The number of nitrogens with one attached hydrogen (secondary N) is 1. The van der Waals surface area contributed by atoms with Crippen LogP contribution in [-0.2, 0) is 22.7 Å². The average molecular weight is 349 g/mol. The van der Waals surface area contributed by atoms with Crippen LogP contribution in [0.4, 0.5) is 13.2 Å². The van der Waals surface area contributed by atoms with Crippen molar-refractivity contribution in [1.29, 1.82) is 0 Å². The van der Waals surface area contributed by atoms with Crippen LogP contribution in [0.5, 0.6) is 0 Å². The number of hydrogen-bond donors (Lipinski definition) is 1. The fourth-order valence-electron chi connectivity index (χ4n) is 1.76. The zero-order valence-electron chi connectivity index (χ0n) is 12.1. The molecule has 10 heteroatoms. The largest absolute Gasteiger partial charge is 0.471 e. The monoisotopic (exact) mass is 349 g/mol. The van der Waals surface area contributed by atoms with Gasteiger partial charge in [0, 0.05) is 12.1 Å². The Balaban J connectivity index is 2.06. The maximum Gasteiger partial charge on any atom is 0.471 e. The lowest BCUT2D eigenvalue weighted by atomic mass is 10.1. The minimum absolute atomic E-state index is 0.0359. The maximum absolute atomic E-state index is 12.4. The molecule has 0 atom stereocenters. The second-order valence-electron chi connectivity index (χ2n) is 4.76. The summed E-state index contributed by atoms with van der Waals surface area (Å²) in [6.45, 7) is 1.86. The van der Waals surface area contributed by atoms with Crippen LogP contribution in [0, 0.1) is 0 Å². The van der Waals surface area contributed by atoms with E-state index in [-0.39, 0.29) is 18.1 Å². The molecule has 0 saturated heterocycles. The Labute approximate surface area is 130 Å². The summed E-state index contributed by atoms with van der Waals surface area (Å²) in [7, 11) is -3.32. The van der Waals surface area contributed by atoms with Crippen molar-refractivity contribution >= 4 is 10.0 Å². The summed E-state index contributed by atoms with van der Waals surface area (Å²) in [6, 6.07) is 6.14. The lowest BCUT2D eigenvalue weighted by molar-refractivity contribution is -0.159. The molecular formula is C13H14F3N3O3S. The third-order valence-electron chi connectivity index (χ3n) is 2.85. The van der Waals surface area contributed by atoms with Gasteiger partial charge in [-0.25, -0.2) is 13.1 Å². The van der Waals surface area contributed by atoms with Gasteiger partial charge in [-0.1, -0.05) is 36.3 Å². The third kappa shape index (κ3) is 4.76. The van der Waals surface area contributed by atoms with E-state index in [0.29, 0.717) is 17.5 Å². The Kier molecular flexibility index (Phi) is 5.05. The first-order chi connectivity index (χ1) is 10.7. The molecule has 1 aromatic carbocycles. The van der Waals surface area contributed by atoms with E-state index < -0.39 is 22.1 Å². The van der Waals surface area contributed by atoms with Crippen LogP contribution in [0.25, 0.3) is 11.4 Å². The smallest absolute Gasteiger partial charge is 0.329 e. The van der Waals surface area contributed by atoms with E-state index in [2.05, 4.69) is 19.4 Å². The summed E-state index contributed by atoms with van der Waals surface area (Å²) < 4.78 is 66.8. The molecule has 1 N–H and O–H groups in total. The van der Waals surface area contributed by atoms with Crippen molar-refractivity contribution in [3.05, 3.63) is 35.7 Å². The van der Waals surface area contributed by atoms with Gasteiger partial charge in [-0.3, -0.25) is 0 Å². The van der Waals surface area contributed by atoms with E-state index in [1.807, 2.05) is 0 Å². The standard InChI is InChI=1S/C13H14F3N3O3S/c1-2-7-23(20,21)17-8-9-3-5-10(6-4-9)11-18-12(22-19-11)13(14,15)16/h3-6,17H,2,7-8H2,1H3. The van der Waals surface area contributed by atoms with E-state index in [1.165, 1.54) is 12.1 Å². The summed E-state index contributed by atoms with van der Waals surface area (Å²) in [6.07, 6.45) is -4.18. The van der Waals surface area contributed by atoms with Crippen LogP contribution in [0.1, 0.15) is 24.8 Å². The van der Waals surface area contributed by atoms with Gasteiger partial charge in [-0.05, 0) is 12.0 Å². The fourth-order valence-corrected chi connectivity index (χ4v) is 2.83. The molecule has 2 rings (SSSR count). The molecule has 0 amide bonds. The SMILES string of the molecule is CCCS(=O)(=O)NCc1ccc(-c2noc(C(F)(F)F)n2)cc1. The number of rotatable bonds is 6.